The lowest BCUT2D eigenvalue weighted by Gasteiger charge is -2.33. The van der Waals surface area contributed by atoms with Gasteiger partial charge in [0.05, 0.1) is 6.61 Å². The molecule has 3 amide bonds. The number of hydrogen-bond acceptors (Lipinski definition) is 4. The highest BCUT2D eigenvalue weighted by Gasteiger charge is 2.28. The zero-order chi connectivity index (χ0) is 17.5. The average molecular weight is 354 g/mol. The van der Waals surface area contributed by atoms with Crippen LogP contribution in [0.25, 0.3) is 0 Å². The van der Waals surface area contributed by atoms with E-state index in [9.17, 15) is 14.4 Å². The van der Waals surface area contributed by atoms with E-state index in [4.69, 9.17) is 16.3 Å². The maximum absolute atomic E-state index is 12.2. The largest absolute Gasteiger partial charge is 0.450 e. The maximum Gasteiger partial charge on any atom is 0.409 e. The van der Waals surface area contributed by atoms with Gasteiger partial charge in [-0.15, -0.1) is 0 Å². The van der Waals surface area contributed by atoms with Crippen LogP contribution in [-0.2, 0) is 20.9 Å². The van der Waals surface area contributed by atoms with E-state index in [1.807, 2.05) is 6.07 Å². The van der Waals surface area contributed by atoms with Crippen LogP contribution in [0.1, 0.15) is 12.5 Å². The number of ether oxygens (including phenoxy) is 1. The molecule has 130 valence electrons. The first kappa shape index (κ1) is 18.1. The third-order valence-electron chi connectivity index (χ3n) is 3.68. The molecular weight excluding hydrogens is 334 g/mol. The van der Waals surface area contributed by atoms with Gasteiger partial charge < -0.3 is 19.9 Å². The fourth-order valence-corrected chi connectivity index (χ4v) is 2.55. The van der Waals surface area contributed by atoms with E-state index < -0.39 is 17.9 Å². The van der Waals surface area contributed by atoms with Crippen molar-refractivity contribution in [2.45, 2.75) is 13.5 Å². The molecule has 7 nitrogen and oxygen atoms in total. The number of halogens is 1. The van der Waals surface area contributed by atoms with Crippen LogP contribution in [0, 0.1) is 0 Å². The number of carbonyl (C=O) groups is 3. The van der Waals surface area contributed by atoms with Gasteiger partial charge in [-0.25, -0.2) is 4.79 Å². The number of nitrogens with zero attached hydrogens (tertiary/aromatic N) is 2. The summed E-state index contributed by atoms with van der Waals surface area (Å²) in [5.74, 6) is -1.29. The van der Waals surface area contributed by atoms with E-state index >= 15 is 0 Å². The van der Waals surface area contributed by atoms with Crippen LogP contribution in [-0.4, -0.2) is 60.5 Å². The molecule has 0 aliphatic carbocycles. The number of hydrogen-bond donors (Lipinski definition) is 1. The molecule has 1 aromatic carbocycles. The molecule has 0 atom stereocenters. The lowest BCUT2D eigenvalue weighted by atomic mass is 10.2. The van der Waals surface area contributed by atoms with Crippen molar-refractivity contribution in [1.82, 2.24) is 15.1 Å². The first-order chi connectivity index (χ1) is 11.5. The van der Waals surface area contributed by atoms with Gasteiger partial charge in [-0.2, -0.15) is 0 Å². The van der Waals surface area contributed by atoms with E-state index in [1.165, 1.54) is 9.80 Å². The summed E-state index contributed by atoms with van der Waals surface area (Å²) in [4.78, 5) is 38.7. The Bertz CT molecular complexity index is 615. The van der Waals surface area contributed by atoms with Crippen molar-refractivity contribution in [1.29, 1.82) is 0 Å². The molecule has 0 saturated carbocycles. The summed E-state index contributed by atoms with van der Waals surface area (Å²) in [5.41, 5.74) is 0.743. The van der Waals surface area contributed by atoms with Crippen molar-refractivity contribution in [3.05, 3.63) is 34.9 Å². The van der Waals surface area contributed by atoms with Crippen molar-refractivity contribution < 1.29 is 19.1 Å². The van der Waals surface area contributed by atoms with Crippen molar-refractivity contribution >= 4 is 29.5 Å². The summed E-state index contributed by atoms with van der Waals surface area (Å²) >= 11 is 6.01. The summed E-state index contributed by atoms with van der Waals surface area (Å²) in [7, 11) is 0. The SMILES string of the molecule is CCOC(=O)N1CCN(C(=O)C(=O)NCc2ccccc2Cl)CC1. The normalized spacial score (nSPS) is 14.2. The molecule has 0 radical (unpaired) electrons. The molecule has 1 aliphatic heterocycles. The van der Waals surface area contributed by atoms with Crippen molar-refractivity contribution in [3.63, 3.8) is 0 Å². The smallest absolute Gasteiger partial charge is 0.409 e. The zero-order valence-corrected chi connectivity index (χ0v) is 14.2. The van der Waals surface area contributed by atoms with Crippen molar-refractivity contribution in [2.75, 3.05) is 32.8 Å². The molecule has 1 aromatic rings. The second-order valence-corrected chi connectivity index (χ2v) is 5.66. The van der Waals surface area contributed by atoms with Crippen molar-refractivity contribution in [2.24, 2.45) is 0 Å². The van der Waals surface area contributed by atoms with Crippen LogP contribution >= 0.6 is 11.6 Å². The third kappa shape index (κ3) is 4.61. The van der Waals surface area contributed by atoms with E-state index in [1.54, 1.807) is 25.1 Å². The number of amides is 3. The minimum Gasteiger partial charge on any atom is -0.450 e. The van der Waals surface area contributed by atoms with E-state index in [2.05, 4.69) is 5.32 Å². The Labute approximate surface area is 145 Å². The highest BCUT2D eigenvalue weighted by molar-refractivity contribution is 6.35. The van der Waals surface area contributed by atoms with E-state index in [-0.39, 0.29) is 6.54 Å². The fourth-order valence-electron chi connectivity index (χ4n) is 2.34. The van der Waals surface area contributed by atoms with Gasteiger partial charge in [-0.3, -0.25) is 9.59 Å². The summed E-state index contributed by atoms with van der Waals surface area (Å²) < 4.78 is 4.92. The number of carbonyl (C=O) groups excluding carboxylic acids is 3. The fraction of sp³-hybridized carbons (Fsp3) is 0.438. The Morgan fingerprint density at radius 1 is 1.12 bits per heavy atom. The van der Waals surface area contributed by atoms with Gasteiger partial charge in [0.25, 0.3) is 0 Å². The van der Waals surface area contributed by atoms with Gasteiger partial charge in [-0.05, 0) is 18.6 Å². The first-order valence-electron chi connectivity index (χ1n) is 7.75. The molecule has 0 aromatic heterocycles. The summed E-state index contributed by atoms with van der Waals surface area (Å²) in [6.07, 6.45) is -0.396. The number of rotatable bonds is 3. The molecule has 8 heteroatoms. The van der Waals surface area contributed by atoms with Gasteiger partial charge in [0.2, 0.25) is 0 Å². The number of piperazine rings is 1. The van der Waals surface area contributed by atoms with Gasteiger partial charge in [-0.1, -0.05) is 29.8 Å². The van der Waals surface area contributed by atoms with Crippen LogP contribution in [0.3, 0.4) is 0 Å². The standard InChI is InChI=1S/C16H20ClN3O4/c1-2-24-16(23)20-9-7-19(8-10-20)15(22)14(21)18-11-12-5-3-4-6-13(12)17/h3-6H,2,7-11H2,1H3,(H,18,21). The molecule has 1 heterocycles. The zero-order valence-electron chi connectivity index (χ0n) is 13.5. The third-order valence-corrected chi connectivity index (χ3v) is 4.05. The Hall–Kier alpha value is -2.28. The molecule has 0 spiro atoms. The Kier molecular flexibility index (Phi) is 6.43. The molecule has 0 unspecified atom stereocenters. The topological polar surface area (TPSA) is 79.0 Å². The first-order valence-corrected chi connectivity index (χ1v) is 8.13. The summed E-state index contributed by atoms with van der Waals surface area (Å²) in [6.45, 7) is 3.54. The van der Waals surface area contributed by atoms with E-state index in [0.29, 0.717) is 37.8 Å². The van der Waals surface area contributed by atoms with Crippen LogP contribution in [0.5, 0.6) is 0 Å². The molecule has 24 heavy (non-hydrogen) atoms. The summed E-state index contributed by atoms with van der Waals surface area (Å²) in [6, 6.07) is 7.11. The van der Waals surface area contributed by atoms with Gasteiger partial charge in [0.15, 0.2) is 0 Å². The van der Waals surface area contributed by atoms with Crippen LogP contribution in [0.15, 0.2) is 24.3 Å². The maximum atomic E-state index is 12.2. The monoisotopic (exact) mass is 353 g/mol. The molecule has 2 rings (SSSR count). The Morgan fingerprint density at radius 3 is 2.38 bits per heavy atom. The van der Waals surface area contributed by atoms with Gasteiger partial charge >= 0.3 is 17.9 Å². The number of nitrogens with one attached hydrogen (secondary N) is 1. The van der Waals surface area contributed by atoms with Gasteiger partial charge in [0.1, 0.15) is 0 Å². The average Bonchev–Trinajstić information content (AvgIpc) is 2.60. The molecule has 1 aliphatic rings. The van der Waals surface area contributed by atoms with Crippen LogP contribution in [0.4, 0.5) is 4.79 Å². The molecule has 0 bridgehead atoms. The predicted molar refractivity (Wildman–Crippen MR) is 88.5 cm³/mol. The number of benzene rings is 1. The van der Waals surface area contributed by atoms with Crippen LogP contribution in [0.2, 0.25) is 5.02 Å². The lowest BCUT2D eigenvalue weighted by molar-refractivity contribution is -0.146. The van der Waals surface area contributed by atoms with Crippen LogP contribution < -0.4 is 5.32 Å². The molecule has 1 saturated heterocycles. The Balaban J connectivity index is 1.81. The second-order valence-electron chi connectivity index (χ2n) is 5.25. The second kappa shape index (κ2) is 8.54. The lowest BCUT2D eigenvalue weighted by Crippen LogP contribution is -2.53. The summed E-state index contributed by atoms with van der Waals surface area (Å²) in [5, 5.41) is 3.11. The minimum absolute atomic E-state index is 0.188. The quantitative estimate of drug-likeness (QED) is 0.830. The van der Waals surface area contributed by atoms with Gasteiger partial charge in [0, 0.05) is 37.7 Å². The predicted octanol–water partition coefficient (Wildman–Crippen LogP) is 1.26. The van der Waals surface area contributed by atoms with E-state index in [0.717, 1.165) is 5.56 Å². The minimum atomic E-state index is -0.681. The van der Waals surface area contributed by atoms with Crippen molar-refractivity contribution in [3.8, 4) is 0 Å². The molecule has 1 fully saturated rings. The molecular formula is C16H20ClN3O4. The highest BCUT2D eigenvalue weighted by atomic mass is 35.5. The Morgan fingerprint density at radius 2 is 1.75 bits per heavy atom. The highest BCUT2D eigenvalue weighted by Crippen LogP contribution is 2.14. The molecule has 1 N–H and O–H groups in total.